The minimum atomic E-state index is -0.137. The van der Waals surface area contributed by atoms with Crippen molar-refractivity contribution in [3.05, 3.63) is 70.4 Å². The third-order valence-electron chi connectivity index (χ3n) is 3.57. The molecule has 4 heteroatoms. The van der Waals surface area contributed by atoms with E-state index < -0.39 is 0 Å². The van der Waals surface area contributed by atoms with E-state index in [2.05, 4.69) is 4.98 Å². The zero-order chi connectivity index (χ0) is 15.7. The summed E-state index contributed by atoms with van der Waals surface area (Å²) in [4.78, 5) is 16.9. The first-order valence-corrected chi connectivity index (χ1v) is 7.21. The molecule has 0 saturated carbocycles. The standard InChI is InChI=1S/C18H14ClNO2/c1-11-3-5-12(6-4-11)18(21)15-10-20-16-8-7-13(22-2)9-14(16)17(15)19/h3-10H,1-2H3. The average Bonchev–Trinajstić information content (AvgIpc) is 2.55. The van der Waals surface area contributed by atoms with Gasteiger partial charge >= 0.3 is 0 Å². The number of carbonyl (C=O) groups is 1. The monoisotopic (exact) mass is 311 g/mol. The number of pyridine rings is 1. The molecule has 0 aliphatic heterocycles. The summed E-state index contributed by atoms with van der Waals surface area (Å²) in [6.07, 6.45) is 1.53. The highest BCUT2D eigenvalue weighted by Crippen LogP contribution is 2.30. The molecule has 22 heavy (non-hydrogen) atoms. The van der Waals surface area contributed by atoms with Crippen molar-refractivity contribution in [1.82, 2.24) is 4.98 Å². The molecular formula is C18H14ClNO2. The fraction of sp³-hybridized carbons (Fsp3) is 0.111. The Morgan fingerprint density at radius 1 is 1.14 bits per heavy atom. The molecule has 0 N–H and O–H groups in total. The molecular weight excluding hydrogens is 298 g/mol. The number of benzene rings is 2. The smallest absolute Gasteiger partial charge is 0.196 e. The number of carbonyl (C=O) groups excluding carboxylic acids is 1. The topological polar surface area (TPSA) is 39.2 Å². The number of fused-ring (bicyclic) bond motifs is 1. The van der Waals surface area contributed by atoms with E-state index in [1.165, 1.54) is 6.20 Å². The number of ether oxygens (including phenoxy) is 1. The summed E-state index contributed by atoms with van der Waals surface area (Å²) < 4.78 is 5.20. The largest absolute Gasteiger partial charge is 0.497 e. The second-order valence-corrected chi connectivity index (χ2v) is 5.44. The molecule has 3 rings (SSSR count). The van der Waals surface area contributed by atoms with Gasteiger partial charge in [0.1, 0.15) is 5.75 Å². The Morgan fingerprint density at radius 3 is 2.55 bits per heavy atom. The zero-order valence-corrected chi connectivity index (χ0v) is 13.0. The van der Waals surface area contributed by atoms with Gasteiger partial charge in [0.25, 0.3) is 0 Å². The lowest BCUT2D eigenvalue weighted by Gasteiger charge is -2.08. The van der Waals surface area contributed by atoms with E-state index in [9.17, 15) is 4.79 Å². The fourth-order valence-corrected chi connectivity index (χ4v) is 2.57. The predicted molar refractivity (Wildman–Crippen MR) is 87.9 cm³/mol. The minimum absolute atomic E-state index is 0.137. The summed E-state index contributed by atoms with van der Waals surface area (Å²) >= 11 is 6.43. The number of aryl methyl sites for hydroxylation is 1. The highest BCUT2D eigenvalue weighted by Gasteiger charge is 2.16. The number of halogens is 1. The summed E-state index contributed by atoms with van der Waals surface area (Å²) in [6, 6.07) is 12.8. The van der Waals surface area contributed by atoms with Gasteiger partial charge in [0, 0.05) is 17.1 Å². The predicted octanol–water partition coefficient (Wildman–Crippen LogP) is 4.44. The van der Waals surface area contributed by atoms with Crippen molar-refractivity contribution >= 4 is 28.3 Å². The van der Waals surface area contributed by atoms with Crippen molar-refractivity contribution in [3.63, 3.8) is 0 Å². The highest BCUT2D eigenvalue weighted by atomic mass is 35.5. The van der Waals surface area contributed by atoms with Crippen LogP contribution in [-0.4, -0.2) is 17.9 Å². The minimum Gasteiger partial charge on any atom is -0.497 e. The Balaban J connectivity index is 2.12. The van der Waals surface area contributed by atoms with Crippen LogP contribution in [0.3, 0.4) is 0 Å². The van der Waals surface area contributed by atoms with Gasteiger partial charge in [-0.3, -0.25) is 9.78 Å². The molecule has 0 atom stereocenters. The van der Waals surface area contributed by atoms with Crippen molar-refractivity contribution in [2.75, 3.05) is 7.11 Å². The van der Waals surface area contributed by atoms with Crippen molar-refractivity contribution in [2.24, 2.45) is 0 Å². The lowest BCUT2D eigenvalue weighted by molar-refractivity contribution is 0.103. The van der Waals surface area contributed by atoms with Crippen LogP contribution in [0.1, 0.15) is 21.5 Å². The summed E-state index contributed by atoms with van der Waals surface area (Å²) in [5.74, 6) is 0.540. The molecule has 0 radical (unpaired) electrons. The van der Waals surface area contributed by atoms with E-state index in [0.29, 0.717) is 27.3 Å². The SMILES string of the molecule is COc1ccc2ncc(C(=O)c3ccc(C)cc3)c(Cl)c2c1. The first-order valence-electron chi connectivity index (χ1n) is 6.84. The van der Waals surface area contributed by atoms with Crippen molar-refractivity contribution in [2.45, 2.75) is 6.92 Å². The molecule has 3 aromatic rings. The molecule has 3 nitrogen and oxygen atoms in total. The molecule has 1 aromatic heterocycles. The van der Waals surface area contributed by atoms with E-state index in [-0.39, 0.29) is 5.78 Å². The van der Waals surface area contributed by atoms with E-state index in [1.807, 2.05) is 31.2 Å². The number of ketones is 1. The van der Waals surface area contributed by atoms with Gasteiger partial charge in [-0.15, -0.1) is 0 Å². The first-order chi connectivity index (χ1) is 10.6. The average molecular weight is 312 g/mol. The number of hydrogen-bond acceptors (Lipinski definition) is 3. The maximum atomic E-state index is 12.6. The number of hydrogen-bond donors (Lipinski definition) is 0. The lowest BCUT2D eigenvalue weighted by atomic mass is 10.0. The third kappa shape index (κ3) is 2.55. The second kappa shape index (κ2) is 5.78. The number of aromatic nitrogens is 1. The van der Waals surface area contributed by atoms with Gasteiger partial charge in [0.2, 0.25) is 0 Å². The van der Waals surface area contributed by atoms with E-state index in [1.54, 1.807) is 25.3 Å². The van der Waals surface area contributed by atoms with Gasteiger partial charge in [-0.05, 0) is 25.1 Å². The Hall–Kier alpha value is -2.39. The summed E-state index contributed by atoms with van der Waals surface area (Å²) in [6.45, 7) is 1.98. The van der Waals surface area contributed by atoms with Gasteiger partial charge < -0.3 is 4.74 Å². The van der Waals surface area contributed by atoms with Crippen LogP contribution in [0.2, 0.25) is 5.02 Å². The van der Waals surface area contributed by atoms with Crippen LogP contribution < -0.4 is 4.74 Å². The molecule has 0 spiro atoms. The van der Waals surface area contributed by atoms with Gasteiger partial charge in [-0.1, -0.05) is 41.4 Å². The molecule has 2 aromatic carbocycles. The van der Waals surface area contributed by atoms with Crippen molar-refractivity contribution < 1.29 is 9.53 Å². The number of methoxy groups -OCH3 is 1. The molecule has 0 bridgehead atoms. The Bertz CT molecular complexity index is 857. The Morgan fingerprint density at radius 2 is 1.86 bits per heavy atom. The van der Waals surface area contributed by atoms with E-state index in [0.717, 1.165) is 11.1 Å². The third-order valence-corrected chi connectivity index (χ3v) is 3.97. The van der Waals surface area contributed by atoms with Crippen LogP contribution in [0.15, 0.2) is 48.7 Å². The van der Waals surface area contributed by atoms with Crippen LogP contribution in [0.4, 0.5) is 0 Å². The summed E-state index contributed by atoms with van der Waals surface area (Å²) in [7, 11) is 1.59. The molecule has 0 aliphatic carbocycles. The van der Waals surface area contributed by atoms with Crippen LogP contribution in [0, 0.1) is 6.92 Å². The highest BCUT2D eigenvalue weighted by molar-refractivity contribution is 6.39. The number of nitrogens with zero attached hydrogens (tertiary/aromatic N) is 1. The van der Waals surface area contributed by atoms with Crippen molar-refractivity contribution in [3.8, 4) is 5.75 Å². The van der Waals surface area contributed by atoms with Crippen molar-refractivity contribution in [1.29, 1.82) is 0 Å². The Kier molecular flexibility index (Phi) is 3.82. The molecule has 0 amide bonds. The van der Waals surface area contributed by atoms with Crippen LogP contribution in [-0.2, 0) is 0 Å². The molecule has 0 aliphatic rings. The molecule has 1 heterocycles. The maximum absolute atomic E-state index is 12.6. The quantitative estimate of drug-likeness (QED) is 0.671. The summed E-state index contributed by atoms with van der Waals surface area (Å²) in [5, 5.41) is 1.11. The lowest BCUT2D eigenvalue weighted by Crippen LogP contribution is -2.03. The zero-order valence-electron chi connectivity index (χ0n) is 12.3. The fourth-order valence-electron chi connectivity index (χ4n) is 2.29. The van der Waals surface area contributed by atoms with Crippen LogP contribution in [0.25, 0.3) is 10.9 Å². The van der Waals surface area contributed by atoms with E-state index in [4.69, 9.17) is 16.3 Å². The van der Waals surface area contributed by atoms with Gasteiger partial charge in [-0.25, -0.2) is 0 Å². The molecule has 0 unspecified atom stereocenters. The van der Waals surface area contributed by atoms with Gasteiger partial charge in [-0.2, -0.15) is 0 Å². The van der Waals surface area contributed by atoms with Crippen LogP contribution in [0.5, 0.6) is 5.75 Å². The Labute approximate surface area is 133 Å². The molecule has 0 fully saturated rings. The molecule has 0 saturated heterocycles. The van der Waals surface area contributed by atoms with Crippen LogP contribution >= 0.6 is 11.6 Å². The summed E-state index contributed by atoms with van der Waals surface area (Å²) in [5.41, 5.74) is 2.82. The molecule has 110 valence electrons. The van der Waals surface area contributed by atoms with E-state index >= 15 is 0 Å². The van der Waals surface area contributed by atoms with Gasteiger partial charge in [0.05, 0.1) is 23.2 Å². The number of rotatable bonds is 3. The normalized spacial score (nSPS) is 10.7. The first kappa shape index (κ1) is 14.5. The maximum Gasteiger partial charge on any atom is 0.196 e. The second-order valence-electron chi connectivity index (χ2n) is 5.06. The van der Waals surface area contributed by atoms with Gasteiger partial charge in [0.15, 0.2) is 5.78 Å².